The number of benzene rings is 1. The molecule has 0 radical (unpaired) electrons. The molecule has 7 heteroatoms. The van der Waals surface area contributed by atoms with Crippen LogP contribution in [0.15, 0.2) is 18.2 Å². The number of aromatic hydroxyl groups is 1. The van der Waals surface area contributed by atoms with Crippen molar-refractivity contribution in [3.8, 4) is 5.75 Å². The van der Waals surface area contributed by atoms with Gasteiger partial charge in [-0.1, -0.05) is 11.6 Å². The van der Waals surface area contributed by atoms with Crippen molar-refractivity contribution in [2.45, 2.75) is 20.0 Å². The van der Waals surface area contributed by atoms with E-state index in [4.69, 9.17) is 21.4 Å². The van der Waals surface area contributed by atoms with Crippen molar-refractivity contribution in [1.29, 1.82) is 0 Å². The second kappa shape index (κ2) is 6.26. The summed E-state index contributed by atoms with van der Waals surface area (Å²) >= 11 is 5.80. The van der Waals surface area contributed by atoms with Gasteiger partial charge in [-0.2, -0.15) is 0 Å². The molecular weight excluding hydrogens is 278 g/mol. The Bertz CT molecular complexity index is 502. The molecule has 0 aliphatic rings. The van der Waals surface area contributed by atoms with Gasteiger partial charge in [-0.15, -0.1) is 0 Å². The predicted octanol–water partition coefficient (Wildman–Crippen LogP) is 2.21. The molecule has 1 rings (SSSR count). The molecule has 1 aromatic rings. The number of ether oxygens (including phenoxy) is 1. The lowest BCUT2D eigenvalue weighted by molar-refractivity contribution is 0.0913. The first-order valence-electron chi connectivity index (χ1n) is 5.41. The van der Waals surface area contributed by atoms with Gasteiger partial charge in [0.2, 0.25) is 10.0 Å². The SMILES string of the molecule is CC(C)OCCS(=O)(=O)Nc1ccc(O)cc1Cl. The molecule has 1 aromatic carbocycles. The molecule has 0 amide bonds. The van der Waals surface area contributed by atoms with Crippen molar-refractivity contribution in [3.05, 3.63) is 23.2 Å². The zero-order valence-corrected chi connectivity index (χ0v) is 11.8. The highest BCUT2D eigenvalue weighted by Gasteiger charge is 2.13. The Morgan fingerprint density at radius 1 is 1.44 bits per heavy atom. The number of hydrogen-bond donors (Lipinski definition) is 2. The molecule has 0 fully saturated rings. The summed E-state index contributed by atoms with van der Waals surface area (Å²) in [5.74, 6) is -0.173. The monoisotopic (exact) mass is 293 g/mol. The van der Waals surface area contributed by atoms with E-state index >= 15 is 0 Å². The summed E-state index contributed by atoms with van der Waals surface area (Å²) in [6.45, 7) is 3.77. The molecule has 0 saturated heterocycles. The Balaban J connectivity index is 2.65. The number of phenolic OH excluding ortho intramolecular Hbond substituents is 1. The molecule has 0 atom stereocenters. The molecule has 2 N–H and O–H groups in total. The molecule has 0 bridgehead atoms. The minimum Gasteiger partial charge on any atom is -0.508 e. The highest BCUT2D eigenvalue weighted by molar-refractivity contribution is 7.92. The first kappa shape index (κ1) is 15.1. The minimum absolute atomic E-state index is 0.0162. The Labute approximate surface area is 112 Å². The third-order valence-corrected chi connectivity index (χ3v) is 3.57. The maximum Gasteiger partial charge on any atom is 0.235 e. The minimum atomic E-state index is -3.51. The average molecular weight is 294 g/mol. The Hall–Kier alpha value is -0.980. The van der Waals surface area contributed by atoms with E-state index in [0.29, 0.717) is 0 Å². The number of anilines is 1. The van der Waals surface area contributed by atoms with Gasteiger partial charge in [0.25, 0.3) is 0 Å². The van der Waals surface area contributed by atoms with Gasteiger partial charge in [0.15, 0.2) is 0 Å². The van der Waals surface area contributed by atoms with Gasteiger partial charge in [0.05, 0.1) is 29.2 Å². The Morgan fingerprint density at radius 2 is 2.11 bits per heavy atom. The van der Waals surface area contributed by atoms with Crippen LogP contribution in [-0.2, 0) is 14.8 Å². The summed E-state index contributed by atoms with van der Waals surface area (Å²) in [6.07, 6.45) is -0.0162. The van der Waals surface area contributed by atoms with E-state index in [2.05, 4.69) is 4.72 Å². The van der Waals surface area contributed by atoms with Crippen molar-refractivity contribution < 1.29 is 18.3 Å². The fraction of sp³-hybridized carbons (Fsp3) is 0.455. The van der Waals surface area contributed by atoms with Gasteiger partial charge < -0.3 is 9.84 Å². The van der Waals surface area contributed by atoms with E-state index < -0.39 is 10.0 Å². The first-order chi connectivity index (χ1) is 8.30. The number of sulfonamides is 1. The van der Waals surface area contributed by atoms with Gasteiger partial charge in [-0.3, -0.25) is 4.72 Å². The number of hydrogen-bond acceptors (Lipinski definition) is 4. The van der Waals surface area contributed by atoms with Crippen LogP contribution < -0.4 is 4.72 Å². The van der Waals surface area contributed by atoms with Crippen LogP contribution in [0.5, 0.6) is 5.75 Å². The lowest BCUT2D eigenvalue weighted by Crippen LogP contribution is -2.21. The van der Waals surface area contributed by atoms with Gasteiger partial charge in [0, 0.05) is 6.07 Å². The number of nitrogens with one attached hydrogen (secondary N) is 1. The predicted molar refractivity (Wildman–Crippen MR) is 71.6 cm³/mol. The van der Waals surface area contributed by atoms with E-state index in [1.807, 2.05) is 13.8 Å². The molecular formula is C11H16ClNO4S. The Morgan fingerprint density at radius 3 is 2.67 bits per heavy atom. The smallest absolute Gasteiger partial charge is 0.235 e. The molecule has 18 heavy (non-hydrogen) atoms. The van der Waals surface area contributed by atoms with E-state index in [0.717, 1.165) is 0 Å². The van der Waals surface area contributed by atoms with Crippen LogP contribution in [-0.4, -0.2) is 32.0 Å². The largest absolute Gasteiger partial charge is 0.508 e. The third kappa shape index (κ3) is 5.12. The van der Waals surface area contributed by atoms with Crippen LogP contribution in [0.3, 0.4) is 0 Å². The van der Waals surface area contributed by atoms with E-state index in [-0.39, 0.29) is 34.9 Å². The zero-order chi connectivity index (χ0) is 13.8. The molecule has 0 saturated carbocycles. The topological polar surface area (TPSA) is 75.6 Å². The van der Waals surface area contributed by atoms with Crippen LogP contribution in [0.1, 0.15) is 13.8 Å². The maximum atomic E-state index is 11.7. The molecule has 0 spiro atoms. The first-order valence-corrected chi connectivity index (χ1v) is 7.44. The summed E-state index contributed by atoms with van der Waals surface area (Å²) in [4.78, 5) is 0. The lowest BCUT2D eigenvalue weighted by Gasteiger charge is -2.11. The van der Waals surface area contributed by atoms with Crippen molar-refractivity contribution in [2.24, 2.45) is 0 Å². The van der Waals surface area contributed by atoms with Crippen molar-refractivity contribution in [1.82, 2.24) is 0 Å². The molecule has 0 aliphatic heterocycles. The summed E-state index contributed by atoms with van der Waals surface area (Å²) in [5, 5.41) is 9.30. The van der Waals surface area contributed by atoms with E-state index in [9.17, 15) is 8.42 Å². The van der Waals surface area contributed by atoms with E-state index in [1.54, 1.807) is 0 Å². The lowest BCUT2D eigenvalue weighted by atomic mass is 10.3. The van der Waals surface area contributed by atoms with Gasteiger partial charge in [-0.05, 0) is 26.0 Å². The Kier molecular flexibility index (Phi) is 5.25. The van der Waals surface area contributed by atoms with Crippen LogP contribution in [0.4, 0.5) is 5.69 Å². The molecule has 102 valence electrons. The van der Waals surface area contributed by atoms with Crippen molar-refractivity contribution >= 4 is 27.3 Å². The van der Waals surface area contributed by atoms with Crippen LogP contribution in [0.25, 0.3) is 0 Å². The second-order valence-corrected chi connectivity index (χ2v) is 6.25. The summed E-state index contributed by atoms with van der Waals surface area (Å²) < 4.78 is 30.9. The number of phenols is 1. The van der Waals surface area contributed by atoms with Crippen molar-refractivity contribution in [3.63, 3.8) is 0 Å². The average Bonchev–Trinajstić information content (AvgIpc) is 2.21. The normalized spacial score (nSPS) is 11.8. The van der Waals surface area contributed by atoms with Gasteiger partial charge >= 0.3 is 0 Å². The standard InChI is InChI=1S/C11H16ClNO4S/c1-8(2)17-5-6-18(15,16)13-11-4-3-9(14)7-10(11)12/h3-4,7-8,13-14H,5-6H2,1-2H3. The summed E-state index contributed by atoms with van der Waals surface area (Å²) in [5.41, 5.74) is 0.235. The maximum absolute atomic E-state index is 11.7. The summed E-state index contributed by atoms with van der Waals surface area (Å²) in [7, 11) is -3.51. The number of rotatable bonds is 6. The fourth-order valence-corrected chi connectivity index (χ4v) is 2.41. The molecule has 0 aliphatic carbocycles. The summed E-state index contributed by atoms with van der Waals surface area (Å²) in [6, 6.07) is 4.02. The van der Waals surface area contributed by atoms with Gasteiger partial charge in [0.1, 0.15) is 5.75 Å². The quantitative estimate of drug-likeness (QED) is 0.789. The second-order valence-electron chi connectivity index (χ2n) is 4.00. The van der Waals surface area contributed by atoms with Gasteiger partial charge in [-0.25, -0.2) is 8.42 Å². The highest BCUT2D eigenvalue weighted by atomic mass is 35.5. The third-order valence-electron chi connectivity index (χ3n) is 2.02. The highest BCUT2D eigenvalue weighted by Crippen LogP contribution is 2.26. The molecule has 0 unspecified atom stereocenters. The van der Waals surface area contributed by atoms with Crippen molar-refractivity contribution in [2.75, 3.05) is 17.1 Å². The number of halogens is 1. The molecule has 0 heterocycles. The zero-order valence-electron chi connectivity index (χ0n) is 10.2. The van der Waals surface area contributed by atoms with Crippen LogP contribution >= 0.6 is 11.6 Å². The molecule has 0 aromatic heterocycles. The van der Waals surface area contributed by atoms with Crippen LogP contribution in [0, 0.1) is 0 Å². The van der Waals surface area contributed by atoms with Crippen LogP contribution in [0.2, 0.25) is 5.02 Å². The van der Waals surface area contributed by atoms with E-state index in [1.165, 1.54) is 18.2 Å². The fourth-order valence-electron chi connectivity index (χ4n) is 1.20. The molecule has 5 nitrogen and oxygen atoms in total.